The first-order valence-electron chi connectivity index (χ1n) is 9.57. The fraction of sp³-hybridized carbons (Fsp3) is 0.217. The summed E-state index contributed by atoms with van der Waals surface area (Å²) in [6.07, 6.45) is 0.802. The average molecular weight is 423 g/mol. The van der Waals surface area contributed by atoms with Gasteiger partial charge in [-0.1, -0.05) is 12.1 Å². The van der Waals surface area contributed by atoms with E-state index in [2.05, 4.69) is 5.32 Å². The summed E-state index contributed by atoms with van der Waals surface area (Å²) in [5.41, 5.74) is 3.42. The number of ether oxygens (including phenoxy) is 2. The summed E-state index contributed by atoms with van der Waals surface area (Å²) in [4.78, 5) is 28.0. The molecule has 7 heteroatoms. The van der Waals surface area contributed by atoms with Gasteiger partial charge in [0.25, 0.3) is 11.8 Å². The Morgan fingerprint density at radius 2 is 1.83 bits per heavy atom. The van der Waals surface area contributed by atoms with Crippen molar-refractivity contribution in [1.29, 1.82) is 0 Å². The molecule has 6 nitrogen and oxygen atoms in total. The number of rotatable bonds is 5. The van der Waals surface area contributed by atoms with E-state index in [1.807, 2.05) is 40.6 Å². The van der Waals surface area contributed by atoms with E-state index in [1.165, 1.54) is 24.0 Å². The van der Waals surface area contributed by atoms with Crippen molar-refractivity contribution in [2.24, 2.45) is 0 Å². The van der Waals surface area contributed by atoms with E-state index in [0.29, 0.717) is 35.8 Å². The Kier molecular flexibility index (Phi) is 5.72. The van der Waals surface area contributed by atoms with Gasteiger partial charge in [-0.2, -0.15) is 0 Å². The molecule has 2 aromatic carbocycles. The van der Waals surface area contributed by atoms with Crippen LogP contribution in [0, 0.1) is 0 Å². The van der Waals surface area contributed by atoms with Gasteiger partial charge in [0.1, 0.15) is 0 Å². The predicted molar refractivity (Wildman–Crippen MR) is 117 cm³/mol. The Hall–Kier alpha value is -3.32. The van der Waals surface area contributed by atoms with E-state index < -0.39 is 0 Å². The number of carbonyl (C=O) groups is 2. The molecule has 1 N–H and O–H groups in total. The van der Waals surface area contributed by atoms with Gasteiger partial charge in [-0.05, 0) is 59.3 Å². The third kappa shape index (κ3) is 4.02. The number of methoxy groups -OCH3 is 2. The van der Waals surface area contributed by atoms with Crippen LogP contribution >= 0.6 is 11.3 Å². The lowest BCUT2D eigenvalue weighted by Gasteiger charge is -2.29. The molecule has 0 bridgehead atoms. The van der Waals surface area contributed by atoms with E-state index in [-0.39, 0.29) is 11.8 Å². The van der Waals surface area contributed by atoms with E-state index in [1.54, 1.807) is 25.3 Å². The third-order valence-electron chi connectivity index (χ3n) is 5.14. The third-order valence-corrected chi connectivity index (χ3v) is 6.00. The smallest absolute Gasteiger partial charge is 0.264 e. The number of nitrogens with one attached hydrogen (secondary N) is 1. The van der Waals surface area contributed by atoms with Gasteiger partial charge in [0, 0.05) is 24.3 Å². The van der Waals surface area contributed by atoms with Gasteiger partial charge in [0.15, 0.2) is 11.5 Å². The summed E-state index contributed by atoms with van der Waals surface area (Å²) in [6.45, 7) is 1.23. The maximum atomic E-state index is 12.7. The number of amides is 2. The van der Waals surface area contributed by atoms with Gasteiger partial charge in [0.2, 0.25) is 0 Å². The zero-order valence-corrected chi connectivity index (χ0v) is 17.6. The van der Waals surface area contributed by atoms with Crippen molar-refractivity contribution in [3.05, 3.63) is 75.5 Å². The summed E-state index contributed by atoms with van der Waals surface area (Å²) in [6, 6.07) is 14.6. The first kappa shape index (κ1) is 20.0. The van der Waals surface area contributed by atoms with Crippen molar-refractivity contribution in [1.82, 2.24) is 4.90 Å². The summed E-state index contributed by atoms with van der Waals surface area (Å²) >= 11 is 1.45. The highest BCUT2D eigenvalue weighted by Crippen LogP contribution is 2.29. The number of thiophene rings is 1. The molecule has 0 radical (unpaired) electrons. The second-order valence-corrected chi connectivity index (χ2v) is 7.91. The topological polar surface area (TPSA) is 67.9 Å². The van der Waals surface area contributed by atoms with Crippen LogP contribution in [0.15, 0.2) is 53.9 Å². The minimum Gasteiger partial charge on any atom is -0.493 e. The van der Waals surface area contributed by atoms with Gasteiger partial charge < -0.3 is 19.7 Å². The Bertz CT molecular complexity index is 1080. The molecular weight excluding hydrogens is 400 g/mol. The molecule has 0 spiro atoms. The number of anilines is 1. The predicted octanol–water partition coefficient (Wildman–Crippen LogP) is 4.22. The lowest BCUT2D eigenvalue weighted by Crippen LogP contribution is -2.35. The maximum absolute atomic E-state index is 12.7. The Morgan fingerprint density at radius 1 is 1.00 bits per heavy atom. The molecule has 0 atom stereocenters. The summed E-state index contributed by atoms with van der Waals surface area (Å²) in [5, 5.41) is 4.84. The highest BCUT2D eigenvalue weighted by molar-refractivity contribution is 7.12. The monoisotopic (exact) mass is 422 g/mol. The number of benzene rings is 2. The molecule has 3 aromatic rings. The van der Waals surface area contributed by atoms with Crippen LogP contribution < -0.4 is 14.8 Å². The van der Waals surface area contributed by atoms with E-state index in [9.17, 15) is 9.59 Å². The standard InChI is InChI=1S/C23H22N2O4S/c1-28-19-8-6-16(13-20(19)29-2)22(26)24-18-7-5-15-9-10-25(14-17(15)12-18)23(27)21-4-3-11-30-21/h3-8,11-13H,9-10,14H2,1-2H3,(H,24,26). The van der Waals surface area contributed by atoms with Crippen molar-refractivity contribution in [3.8, 4) is 11.5 Å². The fourth-order valence-electron chi connectivity index (χ4n) is 3.55. The largest absolute Gasteiger partial charge is 0.493 e. The zero-order chi connectivity index (χ0) is 21.1. The van der Waals surface area contributed by atoms with Gasteiger partial charge in [-0.3, -0.25) is 9.59 Å². The number of nitrogens with zero attached hydrogens (tertiary/aromatic N) is 1. The van der Waals surface area contributed by atoms with Crippen LogP contribution in [0.25, 0.3) is 0 Å². The Morgan fingerprint density at radius 3 is 2.57 bits per heavy atom. The van der Waals surface area contributed by atoms with Crippen molar-refractivity contribution in [3.63, 3.8) is 0 Å². The van der Waals surface area contributed by atoms with Crippen molar-refractivity contribution in [2.45, 2.75) is 13.0 Å². The van der Waals surface area contributed by atoms with Crippen LogP contribution in [0.2, 0.25) is 0 Å². The fourth-order valence-corrected chi connectivity index (χ4v) is 4.24. The summed E-state index contributed by atoms with van der Waals surface area (Å²) in [7, 11) is 3.09. The van der Waals surface area contributed by atoms with Crippen LogP contribution in [-0.4, -0.2) is 37.5 Å². The molecule has 0 saturated carbocycles. The van der Waals surface area contributed by atoms with Crippen molar-refractivity contribution < 1.29 is 19.1 Å². The highest BCUT2D eigenvalue weighted by atomic mass is 32.1. The van der Waals surface area contributed by atoms with Crippen molar-refractivity contribution in [2.75, 3.05) is 26.1 Å². The van der Waals surface area contributed by atoms with Crippen LogP contribution in [0.4, 0.5) is 5.69 Å². The molecule has 1 aliphatic rings. The van der Waals surface area contributed by atoms with E-state index >= 15 is 0 Å². The number of hydrogen-bond donors (Lipinski definition) is 1. The Balaban J connectivity index is 1.50. The second kappa shape index (κ2) is 8.59. The molecule has 0 saturated heterocycles. The van der Waals surface area contributed by atoms with E-state index in [0.717, 1.165) is 16.9 Å². The average Bonchev–Trinajstić information content (AvgIpc) is 3.32. The number of hydrogen-bond acceptors (Lipinski definition) is 5. The Labute approximate surface area is 179 Å². The molecule has 2 heterocycles. The lowest BCUT2D eigenvalue weighted by molar-refractivity contribution is 0.0739. The van der Waals surface area contributed by atoms with Crippen LogP contribution in [0.5, 0.6) is 11.5 Å². The molecule has 0 fully saturated rings. The first-order valence-corrected chi connectivity index (χ1v) is 10.4. The van der Waals surface area contributed by atoms with Crippen LogP contribution in [-0.2, 0) is 13.0 Å². The normalized spacial score (nSPS) is 12.8. The first-order chi connectivity index (χ1) is 14.6. The number of fused-ring (bicyclic) bond motifs is 1. The molecule has 1 aliphatic heterocycles. The SMILES string of the molecule is COc1ccc(C(=O)Nc2ccc3c(c2)CN(C(=O)c2cccs2)CC3)cc1OC. The summed E-state index contributed by atoms with van der Waals surface area (Å²) < 4.78 is 10.5. The second-order valence-electron chi connectivity index (χ2n) is 6.96. The zero-order valence-electron chi connectivity index (χ0n) is 16.8. The lowest BCUT2D eigenvalue weighted by atomic mass is 9.98. The molecule has 1 aromatic heterocycles. The van der Waals surface area contributed by atoms with Gasteiger partial charge in [0.05, 0.1) is 19.1 Å². The molecule has 154 valence electrons. The molecule has 0 aliphatic carbocycles. The van der Waals surface area contributed by atoms with Crippen LogP contribution in [0.1, 0.15) is 31.2 Å². The van der Waals surface area contributed by atoms with Gasteiger partial charge in [-0.15, -0.1) is 11.3 Å². The van der Waals surface area contributed by atoms with E-state index in [4.69, 9.17) is 9.47 Å². The minimum atomic E-state index is -0.238. The molecule has 30 heavy (non-hydrogen) atoms. The maximum Gasteiger partial charge on any atom is 0.264 e. The molecular formula is C23H22N2O4S. The molecule has 0 unspecified atom stereocenters. The number of carbonyl (C=O) groups excluding carboxylic acids is 2. The molecule has 4 rings (SSSR count). The summed E-state index contributed by atoms with van der Waals surface area (Å²) in [5.74, 6) is 0.880. The van der Waals surface area contributed by atoms with Crippen LogP contribution in [0.3, 0.4) is 0 Å². The van der Waals surface area contributed by atoms with Gasteiger partial charge in [-0.25, -0.2) is 0 Å². The quantitative estimate of drug-likeness (QED) is 0.669. The highest BCUT2D eigenvalue weighted by Gasteiger charge is 2.23. The molecule has 2 amide bonds. The van der Waals surface area contributed by atoms with Crippen molar-refractivity contribution >= 4 is 28.8 Å². The van der Waals surface area contributed by atoms with Gasteiger partial charge >= 0.3 is 0 Å². The minimum absolute atomic E-state index is 0.0513.